The highest BCUT2D eigenvalue weighted by Gasteiger charge is 2.16. The van der Waals surface area contributed by atoms with Crippen molar-refractivity contribution in [3.05, 3.63) is 29.8 Å². The van der Waals surface area contributed by atoms with Gasteiger partial charge in [0.15, 0.2) is 5.11 Å². The molecule has 0 atom stereocenters. The Hall–Kier alpha value is -1.62. The van der Waals surface area contributed by atoms with Gasteiger partial charge in [-0.1, -0.05) is 13.8 Å². The first kappa shape index (κ1) is 16.7. The van der Waals surface area contributed by atoms with Crippen LogP contribution in [0.4, 0.5) is 0 Å². The lowest BCUT2D eigenvalue weighted by Crippen LogP contribution is -2.44. The largest absolute Gasteiger partial charge is 0.493 e. The van der Waals surface area contributed by atoms with E-state index < -0.39 is 0 Å². The van der Waals surface area contributed by atoms with Crippen molar-refractivity contribution in [1.82, 2.24) is 10.2 Å². The van der Waals surface area contributed by atoms with Gasteiger partial charge in [-0.15, -0.1) is 0 Å². The molecule has 1 amide bonds. The zero-order valence-corrected chi connectivity index (χ0v) is 14.1. The molecule has 120 valence electrons. The SMILES string of the molecule is CC(C)COc1ccc(C(=O)NC(=S)N2CCCCC2)cc1. The summed E-state index contributed by atoms with van der Waals surface area (Å²) in [5.74, 6) is 1.10. The van der Waals surface area contributed by atoms with Crippen LogP contribution >= 0.6 is 12.2 Å². The van der Waals surface area contributed by atoms with Crippen LogP contribution in [-0.2, 0) is 0 Å². The zero-order chi connectivity index (χ0) is 15.9. The number of nitrogens with zero attached hydrogens (tertiary/aromatic N) is 1. The van der Waals surface area contributed by atoms with Crippen molar-refractivity contribution in [3.8, 4) is 5.75 Å². The Morgan fingerprint density at radius 1 is 1.23 bits per heavy atom. The molecule has 0 aromatic heterocycles. The average molecular weight is 320 g/mol. The van der Waals surface area contributed by atoms with Gasteiger partial charge in [-0.05, 0) is 61.7 Å². The monoisotopic (exact) mass is 320 g/mol. The van der Waals surface area contributed by atoms with E-state index in [2.05, 4.69) is 24.1 Å². The van der Waals surface area contributed by atoms with Gasteiger partial charge in [0, 0.05) is 18.7 Å². The smallest absolute Gasteiger partial charge is 0.257 e. The molecule has 1 aliphatic rings. The molecule has 0 radical (unpaired) electrons. The molecular weight excluding hydrogens is 296 g/mol. The van der Waals surface area contributed by atoms with E-state index in [4.69, 9.17) is 17.0 Å². The standard InChI is InChI=1S/C17H24N2O2S/c1-13(2)12-21-15-8-6-14(7-9-15)16(20)18-17(22)19-10-4-3-5-11-19/h6-9,13H,3-5,10-12H2,1-2H3,(H,18,20,22). The molecule has 1 aromatic carbocycles. The molecule has 1 aromatic rings. The quantitative estimate of drug-likeness (QED) is 0.865. The second-order valence-corrected chi connectivity index (χ2v) is 6.42. The van der Waals surface area contributed by atoms with Crippen LogP contribution in [0.3, 0.4) is 0 Å². The Balaban J connectivity index is 1.87. The average Bonchev–Trinajstić information content (AvgIpc) is 2.54. The first-order chi connectivity index (χ1) is 10.6. The summed E-state index contributed by atoms with van der Waals surface area (Å²) in [6, 6.07) is 7.18. The normalized spacial score (nSPS) is 14.8. The predicted octanol–water partition coefficient (Wildman–Crippen LogP) is 3.22. The van der Waals surface area contributed by atoms with E-state index in [0.717, 1.165) is 31.7 Å². The van der Waals surface area contributed by atoms with Gasteiger partial charge in [0.2, 0.25) is 0 Å². The molecule has 2 rings (SSSR count). The third-order valence-corrected chi connectivity index (χ3v) is 3.92. The molecule has 1 aliphatic heterocycles. The molecule has 0 aliphatic carbocycles. The summed E-state index contributed by atoms with van der Waals surface area (Å²) in [6.45, 7) is 6.74. The van der Waals surface area contributed by atoms with Gasteiger partial charge in [0.05, 0.1) is 6.61 Å². The molecule has 0 saturated carbocycles. The van der Waals surface area contributed by atoms with E-state index in [1.54, 1.807) is 12.1 Å². The van der Waals surface area contributed by atoms with Crippen molar-refractivity contribution in [1.29, 1.82) is 0 Å². The van der Waals surface area contributed by atoms with E-state index in [9.17, 15) is 4.79 Å². The van der Waals surface area contributed by atoms with Gasteiger partial charge in [-0.3, -0.25) is 10.1 Å². The summed E-state index contributed by atoms with van der Waals surface area (Å²) in [5, 5.41) is 3.35. The molecule has 1 saturated heterocycles. The zero-order valence-electron chi connectivity index (χ0n) is 13.3. The van der Waals surface area contributed by atoms with Crippen molar-refractivity contribution >= 4 is 23.2 Å². The maximum atomic E-state index is 12.2. The maximum Gasteiger partial charge on any atom is 0.257 e. The van der Waals surface area contributed by atoms with Crippen LogP contribution in [0.25, 0.3) is 0 Å². The fourth-order valence-corrected chi connectivity index (χ4v) is 2.59. The van der Waals surface area contributed by atoms with Crippen molar-refractivity contribution in [2.45, 2.75) is 33.1 Å². The highest BCUT2D eigenvalue weighted by Crippen LogP contribution is 2.14. The number of carbonyl (C=O) groups excluding carboxylic acids is 1. The van der Waals surface area contributed by atoms with Gasteiger partial charge in [0.25, 0.3) is 5.91 Å². The molecule has 1 heterocycles. The van der Waals surface area contributed by atoms with Crippen molar-refractivity contribution in [2.24, 2.45) is 5.92 Å². The highest BCUT2D eigenvalue weighted by atomic mass is 32.1. The fraction of sp³-hybridized carbons (Fsp3) is 0.529. The predicted molar refractivity (Wildman–Crippen MR) is 92.3 cm³/mol. The minimum absolute atomic E-state index is 0.161. The minimum Gasteiger partial charge on any atom is -0.493 e. The van der Waals surface area contributed by atoms with Gasteiger partial charge < -0.3 is 9.64 Å². The molecular formula is C17H24N2O2S. The summed E-state index contributed by atoms with van der Waals surface area (Å²) >= 11 is 5.32. The first-order valence-electron chi connectivity index (χ1n) is 7.89. The number of carbonyl (C=O) groups is 1. The number of likely N-dealkylation sites (tertiary alicyclic amines) is 1. The summed E-state index contributed by atoms with van der Waals surface area (Å²) < 4.78 is 5.61. The highest BCUT2D eigenvalue weighted by molar-refractivity contribution is 7.80. The molecule has 5 heteroatoms. The van der Waals surface area contributed by atoms with Crippen LogP contribution in [0, 0.1) is 5.92 Å². The molecule has 1 fully saturated rings. The molecule has 0 spiro atoms. The number of hydrogen-bond donors (Lipinski definition) is 1. The number of piperidine rings is 1. The summed E-state index contributed by atoms with van der Waals surface area (Å²) in [4.78, 5) is 14.3. The van der Waals surface area contributed by atoms with E-state index in [1.807, 2.05) is 12.1 Å². The Morgan fingerprint density at radius 3 is 2.45 bits per heavy atom. The van der Waals surface area contributed by atoms with Crippen LogP contribution in [0.2, 0.25) is 0 Å². The van der Waals surface area contributed by atoms with Crippen LogP contribution in [0.5, 0.6) is 5.75 Å². The third-order valence-electron chi connectivity index (χ3n) is 3.56. The van der Waals surface area contributed by atoms with Gasteiger partial charge in [0.1, 0.15) is 5.75 Å². The van der Waals surface area contributed by atoms with Crippen LogP contribution < -0.4 is 10.1 Å². The first-order valence-corrected chi connectivity index (χ1v) is 8.30. The fourth-order valence-electron chi connectivity index (χ4n) is 2.31. The Kier molecular flexibility index (Phi) is 6.19. The number of thiocarbonyl (C=S) groups is 1. The van der Waals surface area contributed by atoms with Crippen LogP contribution in [0.1, 0.15) is 43.5 Å². The van der Waals surface area contributed by atoms with Gasteiger partial charge in [-0.25, -0.2) is 0 Å². The Morgan fingerprint density at radius 2 is 1.86 bits per heavy atom. The minimum atomic E-state index is -0.161. The van der Waals surface area contributed by atoms with Crippen molar-refractivity contribution in [2.75, 3.05) is 19.7 Å². The molecule has 22 heavy (non-hydrogen) atoms. The van der Waals surface area contributed by atoms with E-state index >= 15 is 0 Å². The number of benzene rings is 1. The number of amides is 1. The van der Waals surface area contributed by atoms with E-state index in [1.165, 1.54) is 6.42 Å². The summed E-state index contributed by atoms with van der Waals surface area (Å²) in [6.07, 6.45) is 3.51. The van der Waals surface area contributed by atoms with E-state index in [0.29, 0.717) is 23.2 Å². The molecule has 0 bridgehead atoms. The van der Waals surface area contributed by atoms with Crippen molar-refractivity contribution < 1.29 is 9.53 Å². The Labute approximate surface area is 137 Å². The van der Waals surface area contributed by atoms with Gasteiger partial charge in [-0.2, -0.15) is 0 Å². The second-order valence-electron chi connectivity index (χ2n) is 6.04. The lowest BCUT2D eigenvalue weighted by Gasteiger charge is -2.28. The number of ether oxygens (including phenoxy) is 1. The van der Waals surface area contributed by atoms with E-state index in [-0.39, 0.29) is 5.91 Å². The maximum absolute atomic E-state index is 12.2. The lowest BCUT2D eigenvalue weighted by atomic mass is 10.1. The third kappa shape index (κ3) is 4.98. The number of hydrogen-bond acceptors (Lipinski definition) is 3. The Bertz CT molecular complexity index is 508. The number of nitrogens with one attached hydrogen (secondary N) is 1. The summed E-state index contributed by atoms with van der Waals surface area (Å²) in [5.41, 5.74) is 0.594. The van der Waals surface area contributed by atoms with Gasteiger partial charge >= 0.3 is 0 Å². The van der Waals surface area contributed by atoms with Crippen molar-refractivity contribution in [3.63, 3.8) is 0 Å². The molecule has 4 nitrogen and oxygen atoms in total. The van der Waals surface area contributed by atoms with Crippen LogP contribution in [0.15, 0.2) is 24.3 Å². The lowest BCUT2D eigenvalue weighted by molar-refractivity contribution is 0.0972. The molecule has 0 unspecified atom stereocenters. The summed E-state index contributed by atoms with van der Waals surface area (Å²) in [7, 11) is 0. The van der Waals surface area contributed by atoms with Crippen LogP contribution in [-0.4, -0.2) is 35.6 Å². The second kappa shape index (κ2) is 8.13. The number of rotatable bonds is 4. The molecule has 1 N–H and O–H groups in total. The topological polar surface area (TPSA) is 41.6 Å².